The highest BCUT2D eigenvalue weighted by atomic mass is 32.1. The number of hydrogen-bond donors (Lipinski definition) is 0. The van der Waals surface area contributed by atoms with Gasteiger partial charge in [-0.25, -0.2) is 0 Å². The number of fused-ring (bicyclic) bond motifs is 1. The topological polar surface area (TPSA) is 18.5 Å². The second-order valence-corrected chi connectivity index (χ2v) is 8.89. The Kier molecular flexibility index (Phi) is 11.3. The Morgan fingerprint density at radius 1 is 0.840 bits per heavy atom. The quantitative estimate of drug-likeness (QED) is 0.533. The van der Waals surface area contributed by atoms with Crippen molar-refractivity contribution in [3.8, 4) is 5.75 Å². The average Bonchev–Trinajstić information content (AvgIpc) is 3.00. The van der Waals surface area contributed by atoms with E-state index >= 15 is 0 Å². The van der Waals surface area contributed by atoms with Crippen LogP contribution in [0.25, 0.3) is 0 Å². The van der Waals surface area contributed by atoms with Crippen molar-refractivity contribution >= 4 is 22.7 Å². The molecule has 2 heterocycles. The van der Waals surface area contributed by atoms with Crippen molar-refractivity contribution < 1.29 is 9.47 Å². The largest absolute Gasteiger partial charge is 0.490 e. The van der Waals surface area contributed by atoms with E-state index < -0.39 is 0 Å². The molecule has 0 N–H and O–H groups in total. The monoisotopic (exact) mass is 384 g/mol. The highest BCUT2D eigenvalue weighted by Gasteiger charge is 2.15. The van der Waals surface area contributed by atoms with Crippen molar-refractivity contribution in [2.45, 2.75) is 68.2 Å². The summed E-state index contributed by atoms with van der Waals surface area (Å²) in [6.45, 7) is 9.96. The van der Waals surface area contributed by atoms with Crippen LogP contribution in [0.1, 0.15) is 58.3 Å². The first-order chi connectivity index (χ1) is 11.0. The molecule has 3 rings (SSSR count). The summed E-state index contributed by atoms with van der Waals surface area (Å²) < 4.78 is 10.4. The van der Waals surface area contributed by atoms with E-state index in [1.54, 1.807) is 39.3 Å². The summed E-state index contributed by atoms with van der Waals surface area (Å²) >= 11 is 3.75. The predicted molar refractivity (Wildman–Crippen MR) is 115 cm³/mol. The molecule has 0 aliphatic heterocycles. The molecule has 2 aromatic heterocycles. The van der Waals surface area contributed by atoms with Crippen LogP contribution >= 0.6 is 22.7 Å². The van der Waals surface area contributed by atoms with Crippen molar-refractivity contribution in [3.63, 3.8) is 0 Å². The lowest BCUT2D eigenvalue weighted by Gasteiger charge is -2.12. The molecule has 4 heteroatoms. The van der Waals surface area contributed by atoms with Crippen LogP contribution in [-0.4, -0.2) is 20.3 Å². The van der Waals surface area contributed by atoms with Gasteiger partial charge in [0.2, 0.25) is 0 Å². The standard InChI is InChI=1S/C10H14S.C9H14O2S.2CH4/c1-7-9-5-3-4-6-10(9)8(2)11-7;1-7-6-9(8(2)12-7)11-5-4-10-3;;/h3-6H2,1-2H3;6H,4-5H2,1-3H3;2*1H4. The van der Waals surface area contributed by atoms with Crippen LogP contribution in [0.5, 0.6) is 5.75 Å². The molecule has 25 heavy (non-hydrogen) atoms. The average molecular weight is 385 g/mol. The van der Waals surface area contributed by atoms with Gasteiger partial charge in [0.15, 0.2) is 0 Å². The Labute approximate surface area is 163 Å². The van der Waals surface area contributed by atoms with Crippen LogP contribution in [0.2, 0.25) is 0 Å². The maximum Gasteiger partial charge on any atom is 0.133 e. The normalized spacial score (nSPS) is 12.2. The molecule has 0 fully saturated rings. The number of methoxy groups -OCH3 is 1. The zero-order valence-corrected chi connectivity index (χ0v) is 16.6. The second-order valence-electron chi connectivity index (χ2n) is 6.00. The minimum atomic E-state index is 0. The van der Waals surface area contributed by atoms with E-state index in [1.165, 1.54) is 35.4 Å². The first-order valence-electron chi connectivity index (χ1n) is 8.29. The van der Waals surface area contributed by atoms with E-state index in [0.717, 1.165) is 5.75 Å². The molecule has 0 saturated heterocycles. The Morgan fingerprint density at radius 2 is 1.40 bits per heavy atom. The molecule has 0 bridgehead atoms. The number of thiophene rings is 2. The van der Waals surface area contributed by atoms with Gasteiger partial charge in [-0.2, -0.15) is 0 Å². The van der Waals surface area contributed by atoms with E-state index in [4.69, 9.17) is 9.47 Å². The summed E-state index contributed by atoms with van der Waals surface area (Å²) in [6.07, 6.45) is 5.49. The fourth-order valence-electron chi connectivity index (χ4n) is 3.02. The molecule has 0 aromatic carbocycles. The fourth-order valence-corrected chi connectivity index (χ4v) is 5.04. The summed E-state index contributed by atoms with van der Waals surface area (Å²) in [5, 5.41) is 0. The third-order valence-corrected chi connectivity index (χ3v) is 6.22. The zero-order valence-electron chi connectivity index (χ0n) is 15.0. The lowest BCUT2D eigenvalue weighted by atomic mass is 9.92. The van der Waals surface area contributed by atoms with Crippen molar-refractivity contribution in [2.75, 3.05) is 20.3 Å². The molecule has 1 aliphatic rings. The summed E-state index contributed by atoms with van der Waals surface area (Å²) in [6, 6.07) is 2.07. The third kappa shape index (κ3) is 6.76. The fraction of sp³-hybridized carbons (Fsp3) is 0.619. The number of hydrogen-bond acceptors (Lipinski definition) is 4. The van der Waals surface area contributed by atoms with Crippen LogP contribution in [0.4, 0.5) is 0 Å². The lowest BCUT2D eigenvalue weighted by Crippen LogP contribution is -2.03. The van der Waals surface area contributed by atoms with Gasteiger partial charge >= 0.3 is 0 Å². The van der Waals surface area contributed by atoms with Gasteiger partial charge in [-0.1, -0.05) is 14.9 Å². The third-order valence-electron chi connectivity index (χ3n) is 4.16. The summed E-state index contributed by atoms with van der Waals surface area (Å²) in [5.74, 6) is 0.995. The van der Waals surface area contributed by atoms with Gasteiger partial charge in [0.25, 0.3) is 0 Å². The predicted octanol–water partition coefficient (Wildman–Crippen LogP) is 6.91. The maximum absolute atomic E-state index is 5.48. The zero-order chi connectivity index (χ0) is 16.8. The summed E-state index contributed by atoms with van der Waals surface area (Å²) in [5.41, 5.74) is 3.36. The first kappa shape index (κ1) is 24.2. The van der Waals surface area contributed by atoms with Crippen LogP contribution in [0.3, 0.4) is 0 Å². The van der Waals surface area contributed by atoms with Crippen molar-refractivity contribution in [3.05, 3.63) is 36.7 Å². The van der Waals surface area contributed by atoms with Gasteiger partial charge in [0.1, 0.15) is 12.4 Å². The van der Waals surface area contributed by atoms with E-state index in [-0.39, 0.29) is 14.9 Å². The van der Waals surface area contributed by atoms with Gasteiger partial charge in [-0.15, -0.1) is 22.7 Å². The van der Waals surface area contributed by atoms with E-state index in [1.807, 2.05) is 11.3 Å². The molecule has 2 aromatic rings. The van der Waals surface area contributed by atoms with Gasteiger partial charge in [-0.05, 0) is 70.6 Å². The first-order valence-corrected chi connectivity index (χ1v) is 9.92. The molecule has 0 unspecified atom stereocenters. The summed E-state index contributed by atoms with van der Waals surface area (Å²) in [7, 11) is 1.68. The van der Waals surface area contributed by atoms with Crippen LogP contribution in [-0.2, 0) is 17.6 Å². The SMILES string of the molecule is C.C.COCCOc1cc(C)sc1C.Cc1sc(C)c2c1CCCC2. The summed E-state index contributed by atoms with van der Waals surface area (Å²) in [4.78, 5) is 5.66. The molecule has 1 aliphatic carbocycles. The number of rotatable bonds is 4. The van der Waals surface area contributed by atoms with E-state index in [0.29, 0.717) is 13.2 Å². The molecule has 0 spiro atoms. The Balaban J connectivity index is 0.000000427. The van der Waals surface area contributed by atoms with Crippen LogP contribution < -0.4 is 4.74 Å². The molecule has 0 atom stereocenters. The van der Waals surface area contributed by atoms with Gasteiger partial charge in [0, 0.05) is 26.6 Å². The Bertz CT molecular complexity index is 600. The van der Waals surface area contributed by atoms with Crippen molar-refractivity contribution in [1.82, 2.24) is 0 Å². The van der Waals surface area contributed by atoms with Gasteiger partial charge < -0.3 is 9.47 Å². The van der Waals surface area contributed by atoms with Crippen LogP contribution in [0, 0.1) is 27.7 Å². The van der Waals surface area contributed by atoms with E-state index in [9.17, 15) is 0 Å². The maximum atomic E-state index is 5.48. The Hall–Kier alpha value is -0.840. The molecule has 144 valence electrons. The Morgan fingerprint density at radius 3 is 1.84 bits per heavy atom. The van der Waals surface area contributed by atoms with Crippen LogP contribution in [0.15, 0.2) is 6.07 Å². The minimum Gasteiger partial charge on any atom is -0.490 e. The second kappa shape index (κ2) is 11.7. The molecule has 0 radical (unpaired) electrons. The smallest absolute Gasteiger partial charge is 0.133 e. The molecular weight excluding hydrogens is 348 g/mol. The number of aryl methyl sites for hydroxylation is 4. The minimum absolute atomic E-state index is 0. The van der Waals surface area contributed by atoms with Gasteiger partial charge in [0.05, 0.1) is 6.61 Å². The molecule has 0 amide bonds. The lowest BCUT2D eigenvalue weighted by molar-refractivity contribution is 0.146. The highest BCUT2D eigenvalue weighted by molar-refractivity contribution is 7.12. The molecule has 2 nitrogen and oxygen atoms in total. The van der Waals surface area contributed by atoms with Crippen molar-refractivity contribution in [2.24, 2.45) is 0 Å². The molecular formula is C21H36O2S2. The number of ether oxygens (including phenoxy) is 2. The van der Waals surface area contributed by atoms with Gasteiger partial charge in [-0.3, -0.25) is 0 Å². The van der Waals surface area contributed by atoms with E-state index in [2.05, 4.69) is 33.8 Å². The van der Waals surface area contributed by atoms with Crippen molar-refractivity contribution in [1.29, 1.82) is 0 Å². The highest BCUT2D eigenvalue weighted by Crippen LogP contribution is 2.33. The molecule has 0 saturated carbocycles.